The van der Waals surface area contributed by atoms with E-state index in [1.165, 1.54) is 62.4 Å². The molecule has 16 heteroatoms. The molecule has 1 saturated heterocycles. The number of halogens is 4. The van der Waals surface area contributed by atoms with Gasteiger partial charge in [0.15, 0.2) is 12.1 Å². The maximum atomic E-state index is 15.3. The molecule has 0 aliphatic carbocycles. The number of sulfonamides is 1. The minimum atomic E-state index is -5.08. The van der Waals surface area contributed by atoms with Gasteiger partial charge in [-0.15, -0.1) is 0 Å². The normalized spacial score (nSPS) is 21.3. The summed E-state index contributed by atoms with van der Waals surface area (Å²) >= 11 is 6.50. The van der Waals surface area contributed by atoms with Crippen LogP contribution in [0.4, 0.5) is 18.9 Å². The Balaban J connectivity index is 1.84. The van der Waals surface area contributed by atoms with Crippen molar-refractivity contribution in [1.82, 2.24) is 9.80 Å². The second-order valence-electron chi connectivity index (χ2n) is 11.7. The lowest BCUT2D eigenvalue weighted by atomic mass is 9.80. The molecule has 5 rings (SSSR count). The van der Waals surface area contributed by atoms with Crippen molar-refractivity contribution in [3.8, 4) is 17.2 Å². The maximum absolute atomic E-state index is 15.3. The molecule has 258 valence electrons. The van der Waals surface area contributed by atoms with E-state index in [4.69, 9.17) is 25.8 Å². The molecule has 3 aromatic rings. The molecule has 2 amide bonds. The Labute approximate surface area is 280 Å². The number of nitrogens with zero attached hydrogens (tertiary/aromatic N) is 3. The number of alkyl halides is 3. The summed E-state index contributed by atoms with van der Waals surface area (Å²) in [5.74, 6) is -2.12. The van der Waals surface area contributed by atoms with Crippen LogP contribution in [0.25, 0.3) is 0 Å². The lowest BCUT2D eigenvalue weighted by molar-refractivity contribution is -0.153. The molecule has 3 atom stereocenters. The quantitative estimate of drug-likeness (QED) is 0.349. The second-order valence-corrected chi connectivity index (χ2v) is 13.8. The number of likely N-dealkylation sites (N-methyl/N-ethyl adjacent to an activating group) is 1. The van der Waals surface area contributed by atoms with Gasteiger partial charge in [0.1, 0.15) is 22.1 Å². The average Bonchev–Trinajstić information content (AvgIpc) is 3.53. The van der Waals surface area contributed by atoms with Crippen LogP contribution < -0.4 is 18.5 Å². The van der Waals surface area contributed by atoms with E-state index < -0.39 is 63.0 Å². The van der Waals surface area contributed by atoms with Gasteiger partial charge in [0.2, 0.25) is 5.91 Å². The van der Waals surface area contributed by atoms with Crippen LogP contribution in [0, 0.1) is 6.92 Å². The topological polar surface area (TPSA) is 126 Å². The molecule has 0 saturated carbocycles. The van der Waals surface area contributed by atoms with Crippen molar-refractivity contribution in [2.24, 2.45) is 0 Å². The Morgan fingerprint density at radius 3 is 2.38 bits per heavy atom. The predicted molar refractivity (Wildman–Crippen MR) is 169 cm³/mol. The number of aliphatic hydroxyl groups is 1. The SMILES string of the molecule is COc1ccc(S(=O)(=O)N2C(=O)C(c3cc(C)ccc3OC)(N3C[C@H](O)C[C@H]3C(=O)N(C)C)c3cc(Cl)ccc32)c(OCC(F)(F)F)c1. The number of β-amino-alcohol motifs (C(OH)–C–C–N with tert-alkyl or cyclic N) is 1. The van der Waals surface area contributed by atoms with Crippen molar-refractivity contribution in [2.45, 2.75) is 42.1 Å². The Kier molecular flexibility index (Phi) is 9.38. The van der Waals surface area contributed by atoms with E-state index in [9.17, 15) is 31.5 Å². The standard InChI is InChI=1S/C32H33ClF3N3O8S/c1-18-6-10-26(46-5)23(12-18)32(38-16-20(40)14-25(38)29(41)37(2)3)22-13-19(33)7-9-24(22)39(30(32)42)48(43,44)28-11-8-21(45-4)15-27(28)47-17-31(34,35)36/h6-13,15,20,25,40H,14,16-17H2,1-5H3/t20-,25+,32?/m1/s1. The van der Waals surface area contributed by atoms with Crippen LogP contribution in [0.5, 0.6) is 17.2 Å². The van der Waals surface area contributed by atoms with Gasteiger partial charge < -0.3 is 24.2 Å². The number of methoxy groups -OCH3 is 2. The molecule has 2 aliphatic heterocycles. The molecule has 0 aromatic heterocycles. The second kappa shape index (κ2) is 12.8. The number of aliphatic hydroxyl groups excluding tert-OH is 1. The van der Waals surface area contributed by atoms with Gasteiger partial charge in [-0.1, -0.05) is 23.2 Å². The third-order valence-corrected chi connectivity index (χ3v) is 10.3. The molecule has 1 N–H and O–H groups in total. The summed E-state index contributed by atoms with van der Waals surface area (Å²) in [6.07, 6.45) is -6.01. The first-order chi connectivity index (χ1) is 22.5. The van der Waals surface area contributed by atoms with Crippen molar-refractivity contribution in [1.29, 1.82) is 0 Å². The minimum Gasteiger partial charge on any atom is -0.497 e. The van der Waals surface area contributed by atoms with Crippen LogP contribution in [-0.4, -0.2) is 94.9 Å². The van der Waals surface area contributed by atoms with Gasteiger partial charge in [-0.05, 0) is 55.8 Å². The zero-order valence-corrected chi connectivity index (χ0v) is 28.1. The number of ether oxygens (including phenoxy) is 3. The first-order valence-electron chi connectivity index (χ1n) is 14.6. The fraction of sp³-hybridized carbons (Fsp3) is 0.375. The smallest absolute Gasteiger partial charge is 0.422 e. The third kappa shape index (κ3) is 5.93. The van der Waals surface area contributed by atoms with Crippen LogP contribution >= 0.6 is 11.6 Å². The number of hydrogen-bond donors (Lipinski definition) is 1. The Hall–Kier alpha value is -4.05. The average molecular weight is 712 g/mol. The molecular weight excluding hydrogens is 679 g/mol. The number of fused-ring (bicyclic) bond motifs is 1. The number of rotatable bonds is 9. The zero-order valence-electron chi connectivity index (χ0n) is 26.5. The van der Waals surface area contributed by atoms with Crippen LogP contribution in [0.3, 0.4) is 0 Å². The highest BCUT2D eigenvalue weighted by Crippen LogP contribution is 2.55. The van der Waals surface area contributed by atoms with Crippen molar-refractivity contribution in [3.05, 3.63) is 76.3 Å². The van der Waals surface area contributed by atoms with Gasteiger partial charge in [-0.2, -0.15) is 13.2 Å². The zero-order chi connectivity index (χ0) is 35.3. The summed E-state index contributed by atoms with van der Waals surface area (Å²) in [7, 11) is 0.538. The van der Waals surface area contributed by atoms with E-state index in [0.29, 0.717) is 9.87 Å². The molecule has 48 heavy (non-hydrogen) atoms. The van der Waals surface area contributed by atoms with E-state index in [0.717, 1.165) is 12.1 Å². The van der Waals surface area contributed by atoms with Gasteiger partial charge in [-0.3, -0.25) is 14.5 Å². The first-order valence-corrected chi connectivity index (χ1v) is 16.4. The molecular formula is C32H33ClF3N3O8S. The predicted octanol–water partition coefficient (Wildman–Crippen LogP) is 4.11. The summed E-state index contributed by atoms with van der Waals surface area (Å²) in [6.45, 7) is -0.324. The van der Waals surface area contributed by atoms with E-state index in [1.54, 1.807) is 25.1 Å². The molecule has 0 bridgehead atoms. The Morgan fingerprint density at radius 1 is 1.04 bits per heavy atom. The highest BCUT2D eigenvalue weighted by Gasteiger charge is 2.64. The summed E-state index contributed by atoms with van der Waals surface area (Å²) < 4.78 is 85.3. The van der Waals surface area contributed by atoms with Crippen LogP contribution in [0.15, 0.2) is 59.5 Å². The highest BCUT2D eigenvalue weighted by atomic mass is 35.5. The lowest BCUT2D eigenvalue weighted by Crippen LogP contribution is -2.59. The van der Waals surface area contributed by atoms with Gasteiger partial charge in [0.05, 0.1) is 32.1 Å². The van der Waals surface area contributed by atoms with Crippen LogP contribution in [0.2, 0.25) is 5.02 Å². The largest absolute Gasteiger partial charge is 0.497 e. The molecule has 0 radical (unpaired) electrons. The summed E-state index contributed by atoms with van der Waals surface area (Å²) in [4.78, 5) is 31.0. The van der Waals surface area contributed by atoms with Crippen LogP contribution in [0.1, 0.15) is 23.1 Å². The van der Waals surface area contributed by atoms with E-state index in [-0.39, 0.29) is 46.3 Å². The first kappa shape index (κ1) is 35.3. The fourth-order valence-electron chi connectivity index (χ4n) is 6.30. The number of anilines is 1. The molecule has 0 spiro atoms. The molecule has 1 fully saturated rings. The van der Waals surface area contributed by atoms with Crippen LogP contribution in [-0.2, 0) is 25.2 Å². The maximum Gasteiger partial charge on any atom is 0.422 e. The van der Waals surface area contributed by atoms with Crippen molar-refractivity contribution in [3.63, 3.8) is 0 Å². The number of aryl methyl sites for hydroxylation is 1. The fourth-order valence-corrected chi connectivity index (χ4v) is 8.05. The van der Waals surface area contributed by atoms with Gasteiger partial charge in [0.25, 0.3) is 15.9 Å². The number of hydrogen-bond acceptors (Lipinski definition) is 9. The number of amides is 2. The van der Waals surface area contributed by atoms with Crippen molar-refractivity contribution >= 4 is 39.1 Å². The molecule has 2 heterocycles. The van der Waals surface area contributed by atoms with Crippen molar-refractivity contribution < 1.29 is 50.5 Å². The number of likely N-dealkylation sites (tertiary alicyclic amines) is 1. The van der Waals surface area contributed by atoms with Crippen molar-refractivity contribution in [2.75, 3.05) is 45.8 Å². The summed E-state index contributed by atoms with van der Waals surface area (Å²) in [6, 6.07) is 11.0. The van der Waals surface area contributed by atoms with Gasteiger partial charge >= 0.3 is 6.18 Å². The highest BCUT2D eigenvalue weighted by molar-refractivity contribution is 7.93. The minimum absolute atomic E-state index is 0.000919. The van der Waals surface area contributed by atoms with E-state index >= 15 is 4.79 Å². The lowest BCUT2D eigenvalue weighted by Gasteiger charge is -2.42. The number of carbonyl (C=O) groups excluding carboxylic acids is 2. The van der Waals surface area contributed by atoms with E-state index in [1.807, 2.05) is 0 Å². The van der Waals surface area contributed by atoms with E-state index in [2.05, 4.69) is 0 Å². The molecule has 1 unspecified atom stereocenters. The number of benzene rings is 3. The van der Waals surface area contributed by atoms with Gasteiger partial charge in [-0.25, -0.2) is 12.7 Å². The number of carbonyl (C=O) groups is 2. The monoisotopic (exact) mass is 711 g/mol. The molecule has 2 aliphatic rings. The Morgan fingerprint density at radius 2 is 1.75 bits per heavy atom. The summed E-state index contributed by atoms with van der Waals surface area (Å²) in [5, 5.41) is 11.1. The third-order valence-electron chi connectivity index (χ3n) is 8.30. The van der Waals surface area contributed by atoms with Gasteiger partial charge in [0, 0.05) is 42.9 Å². The molecule has 11 nitrogen and oxygen atoms in total. The Bertz CT molecular complexity index is 1870. The molecule has 3 aromatic carbocycles. The summed E-state index contributed by atoms with van der Waals surface area (Å²) in [5.41, 5.74) is -1.47.